The van der Waals surface area contributed by atoms with Gasteiger partial charge in [-0.05, 0) is 37.6 Å². The third-order valence-corrected chi connectivity index (χ3v) is 4.14. The monoisotopic (exact) mass is 310 g/mol. The molecular weight excluding hydrogens is 296 g/mol. The van der Waals surface area contributed by atoms with Gasteiger partial charge in [0.15, 0.2) is 0 Å². The Balaban J connectivity index is 2.38. The van der Waals surface area contributed by atoms with Crippen LogP contribution in [0, 0.1) is 13.8 Å². The molecular formula is C14H15ClN2O2S. The van der Waals surface area contributed by atoms with E-state index in [1.807, 2.05) is 31.0 Å². The largest absolute Gasteiger partial charge is 0.478 e. The summed E-state index contributed by atoms with van der Waals surface area (Å²) in [6.45, 7) is 4.23. The highest BCUT2D eigenvalue weighted by atomic mass is 35.5. The van der Waals surface area contributed by atoms with Crippen LogP contribution < -0.4 is 4.90 Å². The highest BCUT2D eigenvalue weighted by molar-refractivity contribution is 7.16. The zero-order chi connectivity index (χ0) is 14.9. The third-order valence-electron chi connectivity index (χ3n) is 2.92. The van der Waals surface area contributed by atoms with Gasteiger partial charge in [0.25, 0.3) is 0 Å². The SMILES string of the molecule is Cc1cc(C)c(C(=O)O)c(N(C)Cc2ccc(Cl)s2)n1. The number of thiophene rings is 1. The minimum atomic E-state index is -0.957. The fraction of sp³-hybridized carbons (Fsp3) is 0.286. The molecule has 20 heavy (non-hydrogen) atoms. The van der Waals surface area contributed by atoms with Gasteiger partial charge in [-0.25, -0.2) is 9.78 Å². The number of halogens is 1. The van der Waals surface area contributed by atoms with E-state index in [9.17, 15) is 9.90 Å². The molecule has 0 unspecified atom stereocenters. The van der Waals surface area contributed by atoms with E-state index >= 15 is 0 Å². The average Bonchev–Trinajstić information content (AvgIpc) is 2.72. The molecule has 2 aromatic rings. The number of aromatic nitrogens is 1. The number of rotatable bonds is 4. The zero-order valence-corrected chi connectivity index (χ0v) is 13.0. The van der Waals surface area contributed by atoms with Crippen molar-refractivity contribution in [1.82, 2.24) is 4.98 Å². The number of carbonyl (C=O) groups is 1. The predicted molar refractivity (Wildman–Crippen MR) is 82.1 cm³/mol. The minimum absolute atomic E-state index is 0.251. The molecule has 0 aliphatic carbocycles. The number of nitrogens with zero attached hydrogens (tertiary/aromatic N) is 2. The lowest BCUT2D eigenvalue weighted by atomic mass is 10.1. The standard InChI is InChI=1S/C14H15ClN2O2S/c1-8-6-9(2)16-13(12(8)14(18)19)17(3)7-10-4-5-11(15)20-10/h4-6H,7H2,1-3H3,(H,18,19). The summed E-state index contributed by atoms with van der Waals surface area (Å²) in [6, 6.07) is 5.55. The van der Waals surface area contributed by atoms with Crippen LogP contribution in [0.3, 0.4) is 0 Å². The van der Waals surface area contributed by atoms with E-state index < -0.39 is 5.97 Å². The highest BCUT2D eigenvalue weighted by Gasteiger charge is 2.19. The van der Waals surface area contributed by atoms with Crippen LogP contribution in [0.25, 0.3) is 0 Å². The quantitative estimate of drug-likeness (QED) is 0.934. The molecule has 1 N–H and O–H groups in total. The first-order chi connectivity index (χ1) is 9.38. The second-order valence-electron chi connectivity index (χ2n) is 4.65. The Labute approximate surface area is 126 Å². The van der Waals surface area contributed by atoms with Crippen molar-refractivity contribution in [3.05, 3.63) is 44.2 Å². The number of anilines is 1. The first kappa shape index (κ1) is 14.8. The van der Waals surface area contributed by atoms with Gasteiger partial charge in [0.05, 0.1) is 10.9 Å². The number of aromatic carboxylic acids is 1. The summed E-state index contributed by atoms with van der Waals surface area (Å²) in [5.41, 5.74) is 1.77. The Bertz CT molecular complexity index is 655. The maximum Gasteiger partial charge on any atom is 0.339 e. The van der Waals surface area contributed by atoms with Crippen molar-refractivity contribution < 1.29 is 9.90 Å². The summed E-state index contributed by atoms with van der Waals surface area (Å²) in [5, 5.41) is 9.37. The Morgan fingerprint density at radius 3 is 2.70 bits per heavy atom. The van der Waals surface area contributed by atoms with Crippen LogP contribution in [-0.4, -0.2) is 23.1 Å². The predicted octanol–water partition coefficient (Wildman–Crippen LogP) is 3.75. The molecule has 0 aliphatic heterocycles. The number of hydrogen-bond donors (Lipinski definition) is 1. The molecule has 4 nitrogen and oxygen atoms in total. The summed E-state index contributed by atoms with van der Waals surface area (Å²) in [7, 11) is 1.83. The van der Waals surface area contributed by atoms with Crippen LogP contribution >= 0.6 is 22.9 Å². The van der Waals surface area contributed by atoms with Gasteiger partial charge in [0, 0.05) is 17.6 Å². The topological polar surface area (TPSA) is 53.4 Å². The van der Waals surface area contributed by atoms with Gasteiger partial charge in [0.2, 0.25) is 0 Å². The van der Waals surface area contributed by atoms with Crippen molar-refractivity contribution in [3.63, 3.8) is 0 Å². The molecule has 0 aliphatic rings. The van der Waals surface area contributed by atoms with E-state index in [0.29, 0.717) is 12.4 Å². The first-order valence-corrected chi connectivity index (χ1v) is 7.25. The van der Waals surface area contributed by atoms with Crippen molar-refractivity contribution in [3.8, 4) is 0 Å². The fourth-order valence-corrected chi connectivity index (χ4v) is 3.24. The summed E-state index contributed by atoms with van der Waals surface area (Å²) < 4.78 is 0.722. The van der Waals surface area contributed by atoms with Gasteiger partial charge in [-0.2, -0.15) is 0 Å². The molecule has 106 valence electrons. The third kappa shape index (κ3) is 3.11. The average molecular weight is 311 g/mol. The molecule has 0 saturated heterocycles. The number of carboxylic acid groups (broad SMARTS) is 1. The lowest BCUT2D eigenvalue weighted by molar-refractivity contribution is 0.0696. The summed E-state index contributed by atoms with van der Waals surface area (Å²) >= 11 is 7.39. The van der Waals surface area contributed by atoms with Crippen LogP contribution in [-0.2, 0) is 6.54 Å². The molecule has 0 saturated carbocycles. The smallest absolute Gasteiger partial charge is 0.339 e. The normalized spacial score (nSPS) is 10.6. The van der Waals surface area contributed by atoms with Crippen molar-refractivity contribution in [2.75, 3.05) is 11.9 Å². The lowest BCUT2D eigenvalue weighted by Crippen LogP contribution is -2.21. The van der Waals surface area contributed by atoms with Crippen molar-refractivity contribution in [2.24, 2.45) is 0 Å². The summed E-state index contributed by atoms with van der Waals surface area (Å²) in [6.07, 6.45) is 0. The Kier molecular flexibility index (Phi) is 4.30. The molecule has 2 heterocycles. The molecule has 0 radical (unpaired) electrons. The van der Waals surface area contributed by atoms with E-state index in [1.165, 1.54) is 11.3 Å². The molecule has 0 amide bonds. The highest BCUT2D eigenvalue weighted by Crippen LogP contribution is 2.26. The molecule has 0 aromatic carbocycles. The Morgan fingerprint density at radius 2 is 2.15 bits per heavy atom. The van der Waals surface area contributed by atoms with E-state index in [-0.39, 0.29) is 5.56 Å². The van der Waals surface area contributed by atoms with Crippen LogP contribution in [0.5, 0.6) is 0 Å². The fourth-order valence-electron chi connectivity index (χ4n) is 2.10. The van der Waals surface area contributed by atoms with E-state index in [4.69, 9.17) is 11.6 Å². The molecule has 0 spiro atoms. The van der Waals surface area contributed by atoms with Crippen LogP contribution in [0.1, 0.15) is 26.5 Å². The number of aryl methyl sites for hydroxylation is 2. The van der Waals surface area contributed by atoms with E-state index in [2.05, 4.69) is 4.98 Å². The van der Waals surface area contributed by atoms with E-state index in [1.54, 1.807) is 13.0 Å². The molecule has 0 fully saturated rings. The van der Waals surface area contributed by atoms with Crippen LogP contribution in [0.4, 0.5) is 5.82 Å². The van der Waals surface area contributed by atoms with Gasteiger partial charge < -0.3 is 10.0 Å². The van der Waals surface area contributed by atoms with Gasteiger partial charge in [-0.15, -0.1) is 11.3 Å². The Hall–Kier alpha value is -1.59. The van der Waals surface area contributed by atoms with Gasteiger partial charge >= 0.3 is 5.97 Å². The summed E-state index contributed by atoms with van der Waals surface area (Å²) in [4.78, 5) is 18.7. The molecule has 6 heteroatoms. The maximum absolute atomic E-state index is 11.4. The maximum atomic E-state index is 11.4. The van der Waals surface area contributed by atoms with Crippen molar-refractivity contribution in [2.45, 2.75) is 20.4 Å². The Morgan fingerprint density at radius 1 is 1.45 bits per heavy atom. The van der Waals surface area contributed by atoms with Crippen LogP contribution in [0.2, 0.25) is 4.34 Å². The van der Waals surface area contributed by atoms with Gasteiger partial charge in [-0.3, -0.25) is 0 Å². The number of carboxylic acids is 1. The molecule has 0 atom stereocenters. The summed E-state index contributed by atoms with van der Waals surface area (Å²) in [5.74, 6) is -0.472. The van der Waals surface area contributed by atoms with Gasteiger partial charge in [0.1, 0.15) is 11.4 Å². The second-order valence-corrected chi connectivity index (χ2v) is 6.45. The number of hydrogen-bond acceptors (Lipinski definition) is 4. The molecule has 2 aromatic heterocycles. The van der Waals surface area contributed by atoms with E-state index in [0.717, 1.165) is 20.5 Å². The molecule has 2 rings (SSSR count). The van der Waals surface area contributed by atoms with Crippen molar-refractivity contribution in [1.29, 1.82) is 0 Å². The van der Waals surface area contributed by atoms with Gasteiger partial charge in [-0.1, -0.05) is 11.6 Å². The first-order valence-electron chi connectivity index (χ1n) is 6.05. The second kappa shape index (κ2) is 5.81. The van der Waals surface area contributed by atoms with Crippen LogP contribution in [0.15, 0.2) is 18.2 Å². The lowest BCUT2D eigenvalue weighted by Gasteiger charge is -2.21. The zero-order valence-electron chi connectivity index (χ0n) is 11.5. The van der Waals surface area contributed by atoms with Crippen molar-refractivity contribution >= 4 is 34.7 Å². The minimum Gasteiger partial charge on any atom is -0.478 e. The number of pyridine rings is 1. The molecule has 0 bridgehead atoms.